The van der Waals surface area contributed by atoms with Gasteiger partial charge in [0.05, 0.1) is 0 Å². The van der Waals surface area contributed by atoms with Gasteiger partial charge in [0.15, 0.2) is 11.5 Å². The molecule has 3 rings (SSSR count). The topological polar surface area (TPSA) is 47.6 Å². The largest absolute Gasteiger partial charge is 0.482 e. The molecule has 0 spiro atoms. The number of carbonyl (C=O) groups is 1. The average Bonchev–Trinajstić information content (AvgIpc) is 2.56. The maximum absolute atomic E-state index is 12.5. The Labute approximate surface area is 150 Å². The van der Waals surface area contributed by atoms with Gasteiger partial charge in [0, 0.05) is 10.5 Å². The lowest BCUT2D eigenvalue weighted by molar-refractivity contribution is -0.134. The van der Waals surface area contributed by atoms with Crippen LogP contribution in [0.15, 0.2) is 53.0 Å². The molecule has 1 aliphatic heterocycles. The van der Waals surface area contributed by atoms with Crippen LogP contribution in [0.2, 0.25) is 0 Å². The van der Waals surface area contributed by atoms with Crippen molar-refractivity contribution in [2.45, 2.75) is 38.5 Å². The zero-order valence-corrected chi connectivity index (χ0v) is 15.2. The molecule has 2 aromatic carbocycles. The molecule has 1 aliphatic rings. The van der Waals surface area contributed by atoms with Gasteiger partial charge in [0.25, 0.3) is 5.91 Å². The minimum Gasteiger partial charge on any atom is -0.482 e. The maximum atomic E-state index is 12.5. The highest BCUT2D eigenvalue weighted by atomic mass is 79.9. The molecular weight excluding hydrogens is 370 g/mol. The molecule has 3 atom stereocenters. The molecule has 0 fully saturated rings. The van der Waals surface area contributed by atoms with Crippen molar-refractivity contribution >= 4 is 21.8 Å². The second-order valence-electron chi connectivity index (χ2n) is 6.05. The summed E-state index contributed by atoms with van der Waals surface area (Å²) >= 11 is 3.42. The van der Waals surface area contributed by atoms with Gasteiger partial charge in [-0.3, -0.25) is 4.79 Å². The molecule has 0 bridgehead atoms. The predicted octanol–water partition coefficient (Wildman–Crippen LogP) is 3.72. The maximum Gasteiger partial charge on any atom is 0.265 e. The molecule has 5 heteroatoms. The lowest BCUT2D eigenvalue weighted by Crippen LogP contribution is -2.51. The van der Waals surface area contributed by atoms with Gasteiger partial charge in [-0.05, 0) is 50.1 Å². The first-order valence-corrected chi connectivity index (χ1v) is 8.79. The van der Waals surface area contributed by atoms with Crippen molar-refractivity contribution in [3.8, 4) is 11.5 Å². The van der Waals surface area contributed by atoms with Gasteiger partial charge in [-0.2, -0.15) is 0 Å². The van der Waals surface area contributed by atoms with Crippen LogP contribution >= 0.6 is 15.9 Å². The van der Waals surface area contributed by atoms with Crippen LogP contribution in [0, 0.1) is 0 Å². The number of benzene rings is 2. The third-order valence-electron chi connectivity index (χ3n) is 3.94. The summed E-state index contributed by atoms with van der Waals surface area (Å²) in [7, 11) is 0. The van der Waals surface area contributed by atoms with E-state index in [1.807, 2.05) is 62.4 Å². The Hall–Kier alpha value is -2.01. The van der Waals surface area contributed by atoms with E-state index in [4.69, 9.17) is 9.47 Å². The molecule has 0 aromatic heterocycles. The molecule has 24 heavy (non-hydrogen) atoms. The molecule has 2 aromatic rings. The summed E-state index contributed by atoms with van der Waals surface area (Å²) in [5.74, 6) is 1.13. The monoisotopic (exact) mass is 389 g/mol. The zero-order valence-electron chi connectivity index (χ0n) is 13.7. The van der Waals surface area contributed by atoms with Crippen LogP contribution in [0.5, 0.6) is 11.5 Å². The van der Waals surface area contributed by atoms with Crippen LogP contribution in [0.1, 0.15) is 19.4 Å². The van der Waals surface area contributed by atoms with Gasteiger partial charge in [-0.1, -0.05) is 40.2 Å². The highest BCUT2D eigenvalue weighted by Gasteiger charge is 2.34. The van der Waals surface area contributed by atoms with E-state index < -0.39 is 6.10 Å². The van der Waals surface area contributed by atoms with E-state index in [0.717, 1.165) is 10.9 Å². The Morgan fingerprint density at radius 3 is 2.42 bits per heavy atom. The summed E-state index contributed by atoms with van der Waals surface area (Å²) in [4.78, 5) is 12.5. The van der Waals surface area contributed by atoms with Crippen LogP contribution < -0.4 is 14.8 Å². The summed E-state index contributed by atoms with van der Waals surface area (Å²) in [6, 6.07) is 15.5. The molecule has 1 amide bonds. The second-order valence-corrected chi connectivity index (χ2v) is 6.96. The third-order valence-corrected chi connectivity index (χ3v) is 4.47. The summed E-state index contributed by atoms with van der Waals surface area (Å²) in [6.07, 6.45) is -0.218. The quantitative estimate of drug-likeness (QED) is 0.866. The molecular formula is C19H20BrNO3. The molecule has 4 nitrogen and oxygen atoms in total. The zero-order chi connectivity index (χ0) is 17.1. The van der Waals surface area contributed by atoms with Crippen LogP contribution in [0.3, 0.4) is 0 Å². The fourth-order valence-corrected chi connectivity index (χ4v) is 3.02. The van der Waals surface area contributed by atoms with Crippen molar-refractivity contribution in [3.05, 3.63) is 58.6 Å². The van der Waals surface area contributed by atoms with Gasteiger partial charge < -0.3 is 14.8 Å². The number of para-hydroxylation sites is 2. The molecule has 0 saturated heterocycles. The molecule has 0 saturated carbocycles. The van der Waals surface area contributed by atoms with E-state index in [9.17, 15) is 4.79 Å². The van der Waals surface area contributed by atoms with Crippen LogP contribution in [-0.4, -0.2) is 24.2 Å². The minimum atomic E-state index is -0.646. The van der Waals surface area contributed by atoms with Crippen molar-refractivity contribution in [2.75, 3.05) is 0 Å². The van der Waals surface area contributed by atoms with E-state index in [2.05, 4.69) is 21.2 Å². The van der Waals surface area contributed by atoms with E-state index in [-0.39, 0.29) is 18.1 Å². The Bertz CT molecular complexity index is 717. The number of amides is 1. The molecule has 0 radical (unpaired) electrons. The van der Waals surface area contributed by atoms with Crippen molar-refractivity contribution in [1.82, 2.24) is 5.32 Å². The fourth-order valence-electron chi connectivity index (χ4n) is 2.76. The first-order chi connectivity index (χ1) is 11.5. The van der Waals surface area contributed by atoms with Gasteiger partial charge >= 0.3 is 0 Å². The van der Waals surface area contributed by atoms with Gasteiger partial charge in [-0.25, -0.2) is 0 Å². The van der Waals surface area contributed by atoms with E-state index in [0.29, 0.717) is 11.5 Å². The standard InChI is InChI=1S/C19H20BrNO3/c1-12(11-14-7-9-15(20)10-8-14)21-19(22)18-13(2)23-16-5-3-4-6-17(16)24-18/h3-10,12-13,18H,11H2,1-2H3,(H,21,22). The number of hydrogen-bond acceptors (Lipinski definition) is 3. The number of fused-ring (bicyclic) bond motifs is 1. The first-order valence-electron chi connectivity index (χ1n) is 8.00. The smallest absolute Gasteiger partial charge is 0.265 e. The number of halogens is 1. The Balaban J connectivity index is 1.61. The lowest BCUT2D eigenvalue weighted by atomic mass is 10.1. The van der Waals surface area contributed by atoms with Crippen molar-refractivity contribution in [3.63, 3.8) is 0 Å². The number of carbonyl (C=O) groups excluding carboxylic acids is 1. The van der Waals surface area contributed by atoms with Gasteiger partial charge in [0.2, 0.25) is 6.10 Å². The Morgan fingerprint density at radius 2 is 1.75 bits per heavy atom. The minimum absolute atomic E-state index is 0.00615. The van der Waals surface area contributed by atoms with Crippen LogP contribution in [0.25, 0.3) is 0 Å². The Morgan fingerprint density at radius 1 is 1.12 bits per heavy atom. The molecule has 1 heterocycles. The third kappa shape index (κ3) is 3.90. The summed E-state index contributed by atoms with van der Waals surface area (Å²) < 4.78 is 12.7. The van der Waals surface area contributed by atoms with E-state index in [1.54, 1.807) is 0 Å². The van der Waals surface area contributed by atoms with Crippen LogP contribution in [-0.2, 0) is 11.2 Å². The molecule has 0 aliphatic carbocycles. The summed E-state index contributed by atoms with van der Waals surface area (Å²) in [6.45, 7) is 3.84. The van der Waals surface area contributed by atoms with Gasteiger partial charge in [0.1, 0.15) is 6.10 Å². The van der Waals surface area contributed by atoms with Crippen molar-refractivity contribution < 1.29 is 14.3 Å². The molecule has 126 valence electrons. The second kappa shape index (κ2) is 7.26. The highest BCUT2D eigenvalue weighted by molar-refractivity contribution is 9.10. The summed E-state index contributed by atoms with van der Waals surface area (Å²) in [5.41, 5.74) is 1.17. The molecule has 1 N–H and O–H groups in total. The first kappa shape index (κ1) is 16.8. The van der Waals surface area contributed by atoms with Crippen LogP contribution in [0.4, 0.5) is 0 Å². The van der Waals surface area contributed by atoms with E-state index >= 15 is 0 Å². The Kier molecular flexibility index (Phi) is 5.09. The lowest BCUT2D eigenvalue weighted by Gasteiger charge is -2.31. The predicted molar refractivity (Wildman–Crippen MR) is 96.4 cm³/mol. The number of hydrogen-bond donors (Lipinski definition) is 1. The summed E-state index contributed by atoms with van der Waals surface area (Å²) in [5, 5.41) is 3.02. The normalized spacial score (nSPS) is 20.3. The number of rotatable bonds is 4. The van der Waals surface area contributed by atoms with Crippen molar-refractivity contribution in [2.24, 2.45) is 0 Å². The SMILES string of the molecule is CC(Cc1ccc(Br)cc1)NC(=O)C1Oc2ccccc2OC1C. The molecule has 3 unspecified atom stereocenters. The van der Waals surface area contributed by atoms with Crippen molar-refractivity contribution in [1.29, 1.82) is 0 Å². The van der Waals surface area contributed by atoms with Gasteiger partial charge in [-0.15, -0.1) is 0 Å². The average molecular weight is 390 g/mol. The highest BCUT2D eigenvalue weighted by Crippen LogP contribution is 2.33. The van der Waals surface area contributed by atoms with E-state index in [1.165, 1.54) is 5.56 Å². The number of nitrogens with one attached hydrogen (secondary N) is 1. The number of ether oxygens (including phenoxy) is 2. The fraction of sp³-hybridized carbons (Fsp3) is 0.316.